The minimum Gasteiger partial charge on any atom is -0.377 e. The Morgan fingerprint density at radius 1 is 0.923 bits per heavy atom. The summed E-state index contributed by atoms with van der Waals surface area (Å²) in [6.07, 6.45) is 10.9. The van der Waals surface area contributed by atoms with Crippen molar-refractivity contribution in [3.05, 3.63) is 0 Å². The van der Waals surface area contributed by atoms with Gasteiger partial charge in [0.05, 0.1) is 12.3 Å². The van der Waals surface area contributed by atoms with Crippen LogP contribution in [-0.2, 0) is 28.9 Å². The highest BCUT2D eigenvalue weighted by Gasteiger charge is 2.58. The molecule has 0 radical (unpaired) electrons. The largest absolute Gasteiger partial charge is 0.377 e. The van der Waals surface area contributed by atoms with Gasteiger partial charge in [-0.25, -0.2) is 14.4 Å². The molecule has 1 N–H and O–H groups in total. The first-order valence-corrected chi connectivity index (χ1v) is 9.65. The maximum atomic E-state index is 12.1. The number of rotatable bonds is 11. The molecular formula is C18H29NO7. The molecule has 0 spiro atoms. The third-order valence-electron chi connectivity index (χ3n) is 4.97. The third-order valence-corrected chi connectivity index (χ3v) is 4.97. The minimum atomic E-state index is -2.24. The average molecular weight is 371 g/mol. The van der Waals surface area contributed by atoms with Crippen LogP contribution in [0.15, 0.2) is 0 Å². The third kappa shape index (κ3) is 5.41. The van der Waals surface area contributed by atoms with E-state index in [1.807, 2.05) is 0 Å². The Hall–Kier alpha value is -1.67. The fraction of sp³-hybridized carbons (Fsp3) is 0.833. The number of carbonyl (C=O) groups excluding carboxylic acids is 3. The Labute approximate surface area is 153 Å². The van der Waals surface area contributed by atoms with Crippen molar-refractivity contribution in [1.82, 2.24) is 5.39 Å². The first kappa shape index (κ1) is 20.6. The van der Waals surface area contributed by atoms with Crippen LogP contribution >= 0.6 is 0 Å². The van der Waals surface area contributed by atoms with Gasteiger partial charge in [-0.3, -0.25) is 9.68 Å². The molecule has 0 amide bonds. The molecule has 0 aromatic carbocycles. The predicted molar refractivity (Wildman–Crippen MR) is 89.6 cm³/mol. The lowest BCUT2D eigenvalue weighted by Gasteiger charge is -2.27. The molecule has 2 fully saturated rings. The molecule has 148 valence electrons. The summed E-state index contributed by atoms with van der Waals surface area (Å²) in [5.41, 5.74) is -2.24. The molecule has 3 atom stereocenters. The molecular weight excluding hydrogens is 342 g/mol. The summed E-state index contributed by atoms with van der Waals surface area (Å²) in [6.45, 7) is 2.20. The Bertz CT molecular complexity index is 510. The van der Waals surface area contributed by atoms with Crippen molar-refractivity contribution >= 4 is 17.9 Å². The SMILES string of the molecule is CCCCCCCCCCCCC1C(=O)ON2OC(=O)CC1(O)C(=O)O2. The minimum absolute atomic E-state index is 0.0868. The Morgan fingerprint density at radius 2 is 1.50 bits per heavy atom. The number of carbonyl (C=O) groups is 3. The van der Waals surface area contributed by atoms with E-state index in [0.717, 1.165) is 19.3 Å². The van der Waals surface area contributed by atoms with Crippen LogP contribution in [0.1, 0.15) is 84.0 Å². The fourth-order valence-corrected chi connectivity index (χ4v) is 3.40. The summed E-state index contributed by atoms with van der Waals surface area (Å²) in [7, 11) is 0. The lowest BCUT2D eigenvalue weighted by Crippen LogP contribution is -2.50. The van der Waals surface area contributed by atoms with Crippen LogP contribution in [0.25, 0.3) is 0 Å². The van der Waals surface area contributed by atoms with Crippen molar-refractivity contribution < 1.29 is 34.0 Å². The van der Waals surface area contributed by atoms with Crippen LogP contribution in [0.3, 0.4) is 0 Å². The molecule has 2 rings (SSSR count). The van der Waals surface area contributed by atoms with E-state index < -0.39 is 35.8 Å². The molecule has 2 bridgehead atoms. The van der Waals surface area contributed by atoms with E-state index in [-0.39, 0.29) is 11.8 Å². The highest BCUT2D eigenvalue weighted by molar-refractivity contribution is 5.92. The molecule has 26 heavy (non-hydrogen) atoms. The fourth-order valence-electron chi connectivity index (χ4n) is 3.40. The number of fused-ring (bicyclic) bond motifs is 3. The van der Waals surface area contributed by atoms with Crippen molar-refractivity contribution in [3.63, 3.8) is 0 Å². The second-order valence-electron chi connectivity index (χ2n) is 7.10. The predicted octanol–water partition coefficient (Wildman–Crippen LogP) is 2.74. The monoisotopic (exact) mass is 371 g/mol. The normalized spacial score (nSPS) is 28.2. The highest BCUT2D eigenvalue weighted by atomic mass is 17.2. The van der Waals surface area contributed by atoms with Gasteiger partial charge in [-0.05, 0) is 6.42 Å². The van der Waals surface area contributed by atoms with Gasteiger partial charge in [-0.2, -0.15) is 0 Å². The van der Waals surface area contributed by atoms with E-state index in [2.05, 4.69) is 16.6 Å². The number of unbranched alkanes of at least 4 members (excludes halogenated alkanes) is 9. The molecule has 8 nitrogen and oxygen atoms in total. The van der Waals surface area contributed by atoms with Gasteiger partial charge in [0, 0.05) is 0 Å². The van der Waals surface area contributed by atoms with Crippen molar-refractivity contribution in [3.8, 4) is 0 Å². The number of hydrogen-bond donors (Lipinski definition) is 1. The van der Waals surface area contributed by atoms with Gasteiger partial charge < -0.3 is 9.94 Å². The Morgan fingerprint density at radius 3 is 2.12 bits per heavy atom. The lowest BCUT2D eigenvalue weighted by molar-refractivity contribution is -0.460. The zero-order valence-corrected chi connectivity index (χ0v) is 15.4. The van der Waals surface area contributed by atoms with Crippen molar-refractivity contribution in [2.45, 2.75) is 89.6 Å². The van der Waals surface area contributed by atoms with Gasteiger partial charge in [0.1, 0.15) is 0 Å². The summed E-state index contributed by atoms with van der Waals surface area (Å²) in [6, 6.07) is 0. The van der Waals surface area contributed by atoms with E-state index in [0.29, 0.717) is 6.42 Å². The molecule has 0 aromatic rings. The summed E-state index contributed by atoms with van der Waals surface area (Å²) in [5, 5.41) is 10.7. The van der Waals surface area contributed by atoms with Gasteiger partial charge >= 0.3 is 17.9 Å². The van der Waals surface area contributed by atoms with Crippen molar-refractivity contribution in [2.75, 3.05) is 0 Å². The lowest BCUT2D eigenvalue weighted by atomic mass is 9.81. The smallest absolute Gasteiger partial charge is 0.365 e. The zero-order chi connectivity index (χ0) is 19.0. The van der Waals surface area contributed by atoms with Crippen molar-refractivity contribution in [2.24, 2.45) is 5.92 Å². The molecule has 2 aliphatic rings. The second-order valence-corrected chi connectivity index (χ2v) is 7.10. The number of hydrogen-bond acceptors (Lipinski definition) is 8. The molecule has 3 unspecified atom stereocenters. The van der Waals surface area contributed by atoms with E-state index in [1.54, 1.807) is 0 Å². The van der Waals surface area contributed by atoms with E-state index in [4.69, 9.17) is 4.84 Å². The van der Waals surface area contributed by atoms with Crippen LogP contribution in [0, 0.1) is 5.92 Å². The molecule has 8 heteroatoms. The molecule has 2 aliphatic heterocycles. The van der Waals surface area contributed by atoms with Gasteiger partial charge in [-0.1, -0.05) is 71.1 Å². The van der Waals surface area contributed by atoms with Gasteiger partial charge in [-0.15, -0.1) is 0 Å². The Balaban J connectivity index is 1.73. The van der Waals surface area contributed by atoms with Crippen LogP contribution in [0.4, 0.5) is 0 Å². The van der Waals surface area contributed by atoms with E-state index in [9.17, 15) is 19.5 Å². The van der Waals surface area contributed by atoms with Crippen LogP contribution in [0.5, 0.6) is 0 Å². The van der Waals surface area contributed by atoms with Gasteiger partial charge in [0.2, 0.25) is 5.39 Å². The first-order chi connectivity index (χ1) is 12.5. The molecule has 2 heterocycles. The van der Waals surface area contributed by atoms with Crippen LogP contribution in [-0.4, -0.2) is 34.0 Å². The second kappa shape index (κ2) is 9.87. The van der Waals surface area contributed by atoms with Crippen molar-refractivity contribution in [1.29, 1.82) is 0 Å². The molecule has 2 saturated heterocycles. The van der Waals surface area contributed by atoms with E-state index in [1.165, 1.54) is 38.5 Å². The summed E-state index contributed by atoms with van der Waals surface area (Å²) in [5.74, 6) is -3.96. The summed E-state index contributed by atoms with van der Waals surface area (Å²) >= 11 is 0. The zero-order valence-electron chi connectivity index (χ0n) is 15.4. The molecule has 0 saturated carbocycles. The number of aliphatic hydroxyl groups is 1. The van der Waals surface area contributed by atoms with Crippen LogP contribution < -0.4 is 0 Å². The summed E-state index contributed by atoms with van der Waals surface area (Å²) < 4.78 is 0. The maximum Gasteiger partial charge on any atom is 0.365 e. The van der Waals surface area contributed by atoms with Gasteiger partial charge in [0.25, 0.3) is 0 Å². The van der Waals surface area contributed by atoms with Gasteiger partial charge in [0.15, 0.2) is 5.60 Å². The van der Waals surface area contributed by atoms with Crippen LogP contribution in [0.2, 0.25) is 0 Å². The number of nitrogens with zero attached hydrogens (tertiary/aromatic N) is 1. The summed E-state index contributed by atoms with van der Waals surface area (Å²) in [4.78, 5) is 49.5. The molecule has 0 aromatic heterocycles. The first-order valence-electron chi connectivity index (χ1n) is 9.65. The molecule has 0 aliphatic carbocycles. The highest BCUT2D eigenvalue weighted by Crippen LogP contribution is 2.35. The standard InChI is InChI=1S/C18H29NO7/c1-2-3-4-5-6-7-8-9-10-11-12-14-16(21)25-19-24-15(20)13-18(14,23)17(22)26-19/h14,23H,2-13H2,1H3. The van der Waals surface area contributed by atoms with E-state index >= 15 is 0 Å². The maximum absolute atomic E-state index is 12.1. The average Bonchev–Trinajstić information content (AvgIpc) is 2.73. The quantitative estimate of drug-likeness (QED) is 0.553. The topological polar surface area (TPSA) is 102 Å². The Kier molecular flexibility index (Phi) is 7.84.